The van der Waals surface area contributed by atoms with Crippen molar-refractivity contribution >= 4 is 17.8 Å². The van der Waals surface area contributed by atoms with Gasteiger partial charge in [-0.05, 0) is 18.6 Å². The van der Waals surface area contributed by atoms with Gasteiger partial charge in [0.05, 0.1) is 19.1 Å². The van der Waals surface area contributed by atoms with Gasteiger partial charge in [0.2, 0.25) is 5.91 Å². The molecule has 0 radical (unpaired) electrons. The van der Waals surface area contributed by atoms with Gasteiger partial charge in [-0.25, -0.2) is 0 Å². The lowest BCUT2D eigenvalue weighted by Crippen LogP contribution is -2.35. The lowest BCUT2D eigenvalue weighted by Gasteiger charge is -2.22. The molecule has 1 N–H and O–H groups in total. The predicted molar refractivity (Wildman–Crippen MR) is 80.1 cm³/mol. The molecule has 0 aliphatic carbocycles. The first-order valence-electron chi connectivity index (χ1n) is 7.05. The Balaban J connectivity index is 2.62. The van der Waals surface area contributed by atoms with E-state index in [9.17, 15) is 14.4 Å². The van der Waals surface area contributed by atoms with Crippen LogP contribution in [-0.4, -0.2) is 54.4 Å². The van der Waals surface area contributed by atoms with Gasteiger partial charge in [-0.2, -0.15) is 0 Å². The zero-order valence-corrected chi connectivity index (χ0v) is 12.9. The van der Waals surface area contributed by atoms with Gasteiger partial charge in [0.25, 0.3) is 5.91 Å². The van der Waals surface area contributed by atoms with E-state index in [0.717, 1.165) is 0 Å². The molecule has 0 aromatic carbocycles. The lowest BCUT2D eigenvalue weighted by molar-refractivity contribution is -0.140. The molecule has 22 heavy (non-hydrogen) atoms. The minimum Gasteiger partial charge on any atom is -0.469 e. The van der Waals surface area contributed by atoms with Crippen molar-refractivity contribution in [2.75, 3.05) is 26.7 Å². The highest BCUT2D eigenvalue weighted by Crippen LogP contribution is 2.05. The highest BCUT2D eigenvalue weighted by atomic mass is 16.5. The average Bonchev–Trinajstić information content (AvgIpc) is 2.53. The summed E-state index contributed by atoms with van der Waals surface area (Å²) in [6.07, 6.45) is 3.81. The van der Waals surface area contributed by atoms with E-state index in [-0.39, 0.29) is 30.7 Å². The second-order valence-corrected chi connectivity index (χ2v) is 4.70. The molecule has 0 atom stereocenters. The Morgan fingerprint density at radius 2 is 2.09 bits per heavy atom. The molecule has 120 valence electrons. The van der Waals surface area contributed by atoms with Gasteiger partial charge in [0.1, 0.15) is 0 Å². The number of pyridine rings is 1. The highest BCUT2D eigenvalue weighted by molar-refractivity contribution is 5.94. The fraction of sp³-hybridized carbons (Fsp3) is 0.467. The van der Waals surface area contributed by atoms with Crippen molar-refractivity contribution < 1.29 is 19.1 Å². The number of hydrogen-bond donors (Lipinski definition) is 1. The number of carbonyl (C=O) groups excluding carboxylic acids is 3. The first-order valence-corrected chi connectivity index (χ1v) is 7.05. The molecule has 1 aromatic heterocycles. The largest absolute Gasteiger partial charge is 0.469 e. The third-order valence-corrected chi connectivity index (χ3v) is 2.99. The Kier molecular flexibility index (Phi) is 7.60. The zero-order valence-electron chi connectivity index (χ0n) is 12.9. The molecule has 0 saturated heterocycles. The number of nitrogens with one attached hydrogen (secondary N) is 1. The van der Waals surface area contributed by atoms with Crippen LogP contribution in [0.15, 0.2) is 24.5 Å². The minimum atomic E-state index is -0.370. The summed E-state index contributed by atoms with van der Waals surface area (Å²) in [5, 5.41) is 2.67. The molecule has 0 spiro atoms. The molecule has 2 amide bonds. The molecule has 1 heterocycles. The molecule has 7 nitrogen and oxygen atoms in total. The molecular formula is C15H21N3O4. The predicted octanol–water partition coefficient (Wildman–Crippen LogP) is 0.613. The Labute approximate surface area is 129 Å². The number of aromatic nitrogens is 1. The fourth-order valence-corrected chi connectivity index (χ4v) is 1.85. The van der Waals surface area contributed by atoms with E-state index in [1.807, 2.05) is 0 Å². The van der Waals surface area contributed by atoms with E-state index < -0.39 is 0 Å². The van der Waals surface area contributed by atoms with Gasteiger partial charge in [-0.3, -0.25) is 19.4 Å². The smallest absolute Gasteiger partial charge is 0.307 e. The maximum Gasteiger partial charge on any atom is 0.307 e. The van der Waals surface area contributed by atoms with Crippen LogP contribution >= 0.6 is 0 Å². The van der Waals surface area contributed by atoms with Crippen molar-refractivity contribution in [3.63, 3.8) is 0 Å². The topological polar surface area (TPSA) is 88.6 Å². The summed E-state index contributed by atoms with van der Waals surface area (Å²) in [5.74, 6) is -0.676. The normalized spacial score (nSPS) is 9.91. The molecule has 0 fully saturated rings. The van der Waals surface area contributed by atoms with Gasteiger partial charge < -0.3 is 15.0 Å². The van der Waals surface area contributed by atoms with Crippen molar-refractivity contribution in [3.8, 4) is 0 Å². The van der Waals surface area contributed by atoms with Crippen molar-refractivity contribution in [1.29, 1.82) is 0 Å². The number of rotatable bonds is 8. The zero-order chi connectivity index (χ0) is 16.4. The summed E-state index contributed by atoms with van der Waals surface area (Å²) >= 11 is 0. The number of nitrogens with zero attached hydrogens (tertiary/aromatic N) is 2. The number of hydrogen-bond acceptors (Lipinski definition) is 5. The summed E-state index contributed by atoms with van der Waals surface area (Å²) in [5.41, 5.74) is 0.465. The van der Waals surface area contributed by atoms with Crippen LogP contribution in [0.2, 0.25) is 0 Å². The molecule has 0 saturated carbocycles. The summed E-state index contributed by atoms with van der Waals surface area (Å²) in [6, 6.07) is 3.36. The van der Waals surface area contributed by atoms with Gasteiger partial charge >= 0.3 is 5.97 Å². The number of esters is 1. The second-order valence-electron chi connectivity index (χ2n) is 4.70. The van der Waals surface area contributed by atoms with E-state index in [0.29, 0.717) is 25.1 Å². The molecule has 1 aromatic rings. The molecule has 1 rings (SSSR count). The minimum absolute atomic E-state index is 0.111. The van der Waals surface area contributed by atoms with E-state index in [2.05, 4.69) is 15.0 Å². The van der Waals surface area contributed by atoms with E-state index in [1.54, 1.807) is 23.2 Å². The van der Waals surface area contributed by atoms with Crippen LogP contribution in [0.1, 0.15) is 30.1 Å². The van der Waals surface area contributed by atoms with E-state index in [4.69, 9.17) is 0 Å². The summed E-state index contributed by atoms with van der Waals surface area (Å²) in [6.45, 7) is 2.62. The Hall–Kier alpha value is -2.44. The van der Waals surface area contributed by atoms with Gasteiger partial charge in [-0.15, -0.1) is 0 Å². The Bertz CT molecular complexity index is 505. The van der Waals surface area contributed by atoms with Crippen LogP contribution in [-0.2, 0) is 14.3 Å². The summed E-state index contributed by atoms with van der Waals surface area (Å²) in [4.78, 5) is 40.0. The molecular weight excluding hydrogens is 286 g/mol. The van der Waals surface area contributed by atoms with Gasteiger partial charge in [0, 0.05) is 39.0 Å². The van der Waals surface area contributed by atoms with Crippen molar-refractivity contribution in [1.82, 2.24) is 15.2 Å². The number of carbonyl (C=O) groups is 3. The number of amides is 2. The van der Waals surface area contributed by atoms with Crippen molar-refractivity contribution in [2.24, 2.45) is 0 Å². The van der Waals surface area contributed by atoms with Crippen LogP contribution in [0, 0.1) is 0 Å². The number of ether oxygens (including phenoxy) is 1. The summed E-state index contributed by atoms with van der Waals surface area (Å²) < 4.78 is 4.60. The van der Waals surface area contributed by atoms with Crippen molar-refractivity contribution in [3.05, 3.63) is 30.1 Å². The van der Waals surface area contributed by atoms with Crippen LogP contribution in [0.25, 0.3) is 0 Å². The van der Waals surface area contributed by atoms with Gasteiger partial charge in [0.15, 0.2) is 0 Å². The molecule has 0 aliphatic rings. The molecule has 0 unspecified atom stereocenters. The quantitative estimate of drug-likeness (QED) is 0.561. The third kappa shape index (κ3) is 6.34. The average molecular weight is 307 g/mol. The van der Waals surface area contributed by atoms with Crippen LogP contribution in [0.3, 0.4) is 0 Å². The Morgan fingerprint density at radius 3 is 2.68 bits per heavy atom. The second kappa shape index (κ2) is 9.49. The third-order valence-electron chi connectivity index (χ3n) is 2.99. The van der Waals surface area contributed by atoms with E-state index >= 15 is 0 Å². The molecule has 7 heteroatoms. The van der Waals surface area contributed by atoms with Crippen LogP contribution in [0.4, 0.5) is 0 Å². The van der Waals surface area contributed by atoms with E-state index in [1.165, 1.54) is 20.2 Å². The first-order chi connectivity index (χ1) is 10.5. The van der Waals surface area contributed by atoms with Crippen LogP contribution < -0.4 is 5.32 Å². The molecule has 0 bridgehead atoms. The maximum absolute atomic E-state index is 12.4. The lowest BCUT2D eigenvalue weighted by atomic mass is 10.2. The maximum atomic E-state index is 12.4. The fourth-order valence-electron chi connectivity index (χ4n) is 1.85. The van der Waals surface area contributed by atoms with Crippen LogP contribution in [0.5, 0.6) is 0 Å². The first kappa shape index (κ1) is 17.6. The SMILES string of the molecule is COC(=O)CCN(CCCNC(C)=O)C(=O)c1cccnc1. The summed E-state index contributed by atoms with van der Waals surface area (Å²) in [7, 11) is 1.31. The van der Waals surface area contributed by atoms with Crippen molar-refractivity contribution in [2.45, 2.75) is 19.8 Å². The molecule has 0 aliphatic heterocycles. The Morgan fingerprint density at radius 1 is 1.32 bits per heavy atom. The number of methoxy groups -OCH3 is 1. The van der Waals surface area contributed by atoms with Gasteiger partial charge in [-0.1, -0.05) is 0 Å². The highest BCUT2D eigenvalue weighted by Gasteiger charge is 2.17. The monoisotopic (exact) mass is 307 g/mol. The standard InChI is InChI=1S/C15H21N3O4/c1-12(19)17-8-4-9-18(10-6-14(20)22-2)15(21)13-5-3-7-16-11-13/h3,5,7,11H,4,6,8-10H2,1-2H3,(H,17,19).